The van der Waals surface area contributed by atoms with Crippen LogP contribution >= 0.6 is 0 Å². The highest BCUT2D eigenvalue weighted by Crippen LogP contribution is 2.25. The molecule has 3 nitrogen and oxygen atoms in total. The first-order chi connectivity index (χ1) is 9.19. The smallest absolute Gasteiger partial charge is 0.139 e. The van der Waals surface area contributed by atoms with Gasteiger partial charge >= 0.3 is 0 Å². The molecule has 0 bridgehead atoms. The van der Waals surface area contributed by atoms with Crippen LogP contribution in [0.2, 0.25) is 0 Å². The summed E-state index contributed by atoms with van der Waals surface area (Å²) in [5.41, 5.74) is 2.20. The van der Waals surface area contributed by atoms with Gasteiger partial charge in [0.05, 0.1) is 18.0 Å². The summed E-state index contributed by atoms with van der Waals surface area (Å²) in [5, 5.41) is 9.45. The summed E-state index contributed by atoms with van der Waals surface area (Å²) >= 11 is 0. The predicted octanol–water partition coefficient (Wildman–Crippen LogP) is 2.77. The molecular formula is C14H10F2N2O. The number of rotatable bonds is 2. The highest BCUT2D eigenvalue weighted by Gasteiger charge is 2.13. The normalized spacial score (nSPS) is 11.1. The standard InChI is InChI=1S/C14H10F2N2O/c15-10-3-1-9(2-4-10)14-12(8-19)18-7-11(16)5-6-13(18)17-14/h1-7,19H,8H2. The first-order valence-electron chi connectivity index (χ1n) is 5.72. The molecule has 0 aliphatic carbocycles. The molecule has 19 heavy (non-hydrogen) atoms. The van der Waals surface area contributed by atoms with Crippen LogP contribution in [-0.4, -0.2) is 14.5 Å². The SMILES string of the molecule is OCc1c(-c2ccc(F)cc2)nc2ccc(F)cn12. The van der Waals surface area contributed by atoms with E-state index in [0.29, 0.717) is 22.6 Å². The molecule has 5 heteroatoms. The molecular weight excluding hydrogens is 250 g/mol. The Labute approximate surface area is 107 Å². The molecule has 0 amide bonds. The number of aliphatic hydroxyl groups is 1. The van der Waals surface area contributed by atoms with Gasteiger partial charge in [-0.05, 0) is 36.4 Å². The van der Waals surface area contributed by atoms with Gasteiger partial charge in [0.1, 0.15) is 17.3 Å². The van der Waals surface area contributed by atoms with Gasteiger partial charge in [0.2, 0.25) is 0 Å². The minimum absolute atomic E-state index is 0.280. The molecule has 96 valence electrons. The lowest BCUT2D eigenvalue weighted by Crippen LogP contribution is -1.95. The summed E-state index contributed by atoms with van der Waals surface area (Å²) < 4.78 is 27.6. The van der Waals surface area contributed by atoms with E-state index in [1.54, 1.807) is 12.1 Å². The maximum absolute atomic E-state index is 13.2. The van der Waals surface area contributed by atoms with Gasteiger partial charge in [-0.1, -0.05) is 0 Å². The van der Waals surface area contributed by atoms with Crippen LogP contribution in [0.25, 0.3) is 16.9 Å². The number of pyridine rings is 1. The van der Waals surface area contributed by atoms with E-state index < -0.39 is 5.82 Å². The van der Waals surface area contributed by atoms with E-state index in [4.69, 9.17) is 0 Å². The van der Waals surface area contributed by atoms with E-state index in [0.717, 1.165) is 0 Å². The molecule has 0 radical (unpaired) electrons. The highest BCUT2D eigenvalue weighted by atomic mass is 19.1. The summed E-state index contributed by atoms with van der Waals surface area (Å²) in [4.78, 5) is 4.34. The van der Waals surface area contributed by atoms with E-state index in [1.165, 1.54) is 34.9 Å². The maximum Gasteiger partial charge on any atom is 0.139 e. The van der Waals surface area contributed by atoms with Gasteiger partial charge in [0, 0.05) is 11.8 Å². The van der Waals surface area contributed by atoms with Crippen molar-refractivity contribution in [3.05, 3.63) is 59.9 Å². The first-order valence-corrected chi connectivity index (χ1v) is 5.72. The van der Waals surface area contributed by atoms with Crippen LogP contribution in [0, 0.1) is 11.6 Å². The van der Waals surface area contributed by atoms with Gasteiger partial charge in [0.25, 0.3) is 0 Å². The van der Waals surface area contributed by atoms with Crippen molar-refractivity contribution in [3.63, 3.8) is 0 Å². The fourth-order valence-electron chi connectivity index (χ4n) is 2.06. The summed E-state index contributed by atoms with van der Waals surface area (Å²) in [7, 11) is 0. The minimum atomic E-state index is -0.412. The van der Waals surface area contributed by atoms with Crippen LogP contribution in [-0.2, 0) is 6.61 Å². The average Bonchev–Trinajstić information content (AvgIpc) is 2.77. The molecule has 1 N–H and O–H groups in total. The van der Waals surface area contributed by atoms with Crippen molar-refractivity contribution < 1.29 is 13.9 Å². The lowest BCUT2D eigenvalue weighted by atomic mass is 10.1. The van der Waals surface area contributed by atoms with Crippen LogP contribution in [0.1, 0.15) is 5.69 Å². The molecule has 3 aromatic rings. The molecule has 0 fully saturated rings. The Balaban J connectivity index is 2.25. The van der Waals surface area contributed by atoms with Gasteiger partial charge in [0.15, 0.2) is 0 Å². The molecule has 2 aromatic heterocycles. The first kappa shape index (κ1) is 11.8. The van der Waals surface area contributed by atoms with Crippen molar-refractivity contribution in [3.8, 4) is 11.3 Å². The fourth-order valence-corrected chi connectivity index (χ4v) is 2.06. The number of benzene rings is 1. The highest BCUT2D eigenvalue weighted by molar-refractivity contribution is 5.66. The fraction of sp³-hybridized carbons (Fsp3) is 0.0714. The number of imidazole rings is 1. The molecule has 0 aliphatic heterocycles. The van der Waals surface area contributed by atoms with Crippen LogP contribution < -0.4 is 0 Å². The lowest BCUT2D eigenvalue weighted by molar-refractivity contribution is 0.276. The third kappa shape index (κ3) is 1.98. The number of aromatic nitrogens is 2. The number of halogens is 2. The van der Waals surface area contributed by atoms with Crippen LogP contribution in [0.15, 0.2) is 42.6 Å². The number of fused-ring (bicyclic) bond motifs is 1. The predicted molar refractivity (Wildman–Crippen MR) is 66.5 cm³/mol. The second-order valence-corrected chi connectivity index (χ2v) is 4.15. The summed E-state index contributed by atoms with van der Waals surface area (Å²) in [5.74, 6) is -0.755. The molecule has 0 unspecified atom stereocenters. The summed E-state index contributed by atoms with van der Waals surface area (Å²) in [6.45, 7) is -0.280. The zero-order valence-corrected chi connectivity index (χ0v) is 9.85. The van der Waals surface area contributed by atoms with Gasteiger partial charge in [-0.15, -0.1) is 0 Å². The summed E-state index contributed by atoms with van der Waals surface area (Å²) in [6.07, 6.45) is 1.26. The number of aliphatic hydroxyl groups excluding tert-OH is 1. The molecule has 0 spiro atoms. The summed E-state index contributed by atoms with van der Waals surface area (Å²) in [6, 6.07) is 8.63. The number of hydrogen-bond donors (Lipinski definition) is 1. The van der Waals surface area contributed by atoms with Gasteiger partial charge in [-0.3, -0.25) is 4.40 Å². The molecule has 1 aromatic carbocycles. The van der Waals surface area contributed by atoms with E-state index >= 15 is 0 Å². The third-order valence-electron chi connectivity index (χ3n) is 2.95. The van der Waals surface area contributed by atoms with Gasteiger partial charge in [-0.2, -0.15) is 0 Å². The molecule has 2 heterocycles. The van der Waals surface area contributed by atoms with Crippen molar-refractivity contribution in [1.29, 1.82) is 0 Å². The van der Waals surface area contributed by atoms with Crippen molar-refractivity contribution in [1.82, 2.24) is 9.38 Å². The topological polar surface area (TPSA) is 37.5 Å². The van der Waals surface area contributed by atoms with Crippen LogP contribution in [0.5, 0.6) is 0 Å². The van der Waals surface area contributed by atoms with E-state index in [2.05, 4.69) is 4.98 Å². The third-order valence-corrected chi connectivity index (χ3v) is 2.95. The van der Waals surface area contributed by atoms with E-state index in [9.17, 15) is 13.9 Å². The van der Waals surface area contributed by atoms with Crippen LogP contribution in [0.4, 0.5) is 8.78 Å². The van der Waals surface area contributed by atoms with Crippen molar-refractivity contribution >= 4 is 5.65 Å². The van der Waals surface area contributed by atoms with E-state index in [1.807, 2.05) is 0 Å². The Morgan fingerprint density at radius 3 is 2.37 bits per heavy atom. The second kappa shape index (κ2) is 4.44. The largest absolute Gasteiger partial charge is 0.390 e. The zero-order chi connectivity index (χ0) is 13.4. The Morgan fingerprint density at radius 1 is 1.00 bits per heavy atom. The molecule has 3 rings (SSSR count). The Bertz CT molecular complexity index is 735. The van der Waals surface area contributed by atoms with Crippen molar-refractivity contribution in [2.24, 2.45) is 0 Å². The molecule has 0 saturated heterocycles. The van der Waals surface area contributed by atoms with E-state index in [-0.39, 0.29) is 12.4 Å². The van der Waals surface area contributed by atoms with Crippen LogP contribution in [0.3, 0.4) is 0 Å². The molecule has 0 aliphatic rings. The Kier molecular flexibility index (Phi) is 2.76. The number of nitrogens with zero attached hydrogens (tertiary/aromatic N) is 2. The quantitative estimate of drug-likeness (QED) is 0.769. The number of hydrogen-bond acceptors (Lipinski definition) is 2. The van der Waals surface area contributed by atoms with Crippen molar-refractivity contribution in [2.75, 3.05) is 0 Å². The molecule has 0 atom stereocenters. The molecule has 0 saturated carbocycles. The zero-order valence-electron chi connectivity index (χ0n) is 9.85. The van der Waals surface area contributed by atoms with Gasteiger partial charge < -0.3 is 5.11 Å². The maximum atomic E-state index is 13.2. The van der Waals surface area contributed by atoms with Crippen molar-refractivity contribution in [2.45, 2.75) is 6.61 Å². The Morgan fingerprint density at radius 2 is 1.68 bits per heavy atom. The minimum Gasteiger partial charge on any atom is -0.390 e. The lowest BCUT2D eigenvalue weighted by Gasteiger charge is -2.01. The average molecular weight is 260 g/mol. The van der Waals surface area contributed by atoms with Gasteiger partial charge in [-0.25, -0.2) is 13.8 Å². The monoisotopic (exact) mass is 260 g/mol. The Hall–Kier alpha value is -2.27. The second-order valence-electron chi connectivity index (χ2n) is 4.15.